The van der Waals surface area contributed by atoms with Crippen LogP contribution in [0.1, 0.15) is 19.8 Å². The van der Waals surface area contributed by atoms with Gasteiger partial charge in [-0.15, -0.1) is 12.4 Å². The minimum atomic E-state index is 0. The largest absolute Gasteiger partial charge is 0.375 e. The smallest absolute Gasteiger partial charge is 0.0660 e. The Bertz CT molecular complexity index is 140. The summed E-state index contributed by atoms with van der Waals surface area (Å²) < 4.78 is 5.65. The first-order valence-electron chi connectivity index (χ1n) is 4.07. The molecular formula is C8H16ClNO. The van der Waals surface area contributed by atoms with Gasteiger partial charge in [-0.05, 0) is 38.1 Å². The summed E-state index contributed by atoms with van der Waals surface area (Å²) >= 11 is 0. The first-order chi connectivity index (χ1) is 4.73. The fourth-order valence-corrected chi connectivity index (χ4v) is 2.21. The first-order valence-corrected chi connectivity index (χ1v) is 4.07. The van der Waals surface area contributed by atoms with Crippen LogP contribution in [0.4, 0.5) is 0 Å². The molecule has 1 aliphatic carbocycles. The number of hydrogen-bond donors (Lipinski definition) is 1. The molecule has 1 saturated carbocycles. The number of fused-ring (bicyclic) bond motifs is 2. The van der Waals surface area contributed by atoms with E-state index in [1.54, 1.807) is 0 Å². The lowest BCUT2D eigenvalue weighted by Crippen LogP contribution is -2.55. The van der Waals surface area contributed by atoms with Crippen molar-refractivity contribution in [2.24, 2.45) is 17.6 Å². The molecule has 0 aromatic heterocycles. The molecule has 1 atom stereocenters. The van der Waals surface area contributed by atoms with Crippen molar-refractivity contribution < 1.29 is 4.74 Å². The normalized spacial score (nSPS) is 47.5. The lowest BCUT2D eigenvalue weighted by molar-refractivity contribution is -0.193. The Morgan fingerprint density at radius 3 is 2.55 bits per heavy atom. The minimum Gasteiger partial charge on any atom is -0.375 e. The van der Waals surface area contributed by atoms with Crippen molar-refractivity contribution in [2.45, 2.75) is 25.4 Å². The molecule has 0 amide bonds. The van der Waals surface area contributed by atoms with E-state index in [0.29, 0.717) is 5.92 Å². The van der Waals surface area contributed by atoms with Crippen LogP contribution in [0, 0.1) is 11.8 Å². The van der Waals surface area contributed by atoms with Gasteiger partial charge in [-0.1, -0.05) is 0 Å². The number of nitrogens with two attached hydrogens (primary N) is 1. The number of rotatable bonds is 1. The molecule has 11 heavy (non-hydrogen) atoms. The van der Waals surface area contributed by atoms with Gasteiger partial charge < -0.3 is 10.5 Å². The molecule has 66 valence electrons. The molecule has 0 aromatic carbocycles. The molecule has 0 radical (unpaired) electrons. The van der Waals surface area contributed by atoms with Crippen LogP contribution in [-0.2, 0) is 4.74 Å². The molecule has 2 N–H and O–H groups in total. The van der Waals surface area contributed by atoms with Crippen LogP contribution < -0.4 is 5.73 Å². The predicted octanol–water partition coefficient (Wildman–Crippen LogP) is 1.18. The Labute approximate surface area is 73.9 Å². The van der Waals surface area contributed by atoms with Crippen LogP contribution in [0.3, 0.4) is 0 Å². The summed E-state index contributed by atoms with van der Waals surface area (Å²) in [7, 11) is 0. The van der Waals surface area contributed by atoms with E-state index in [0.717, 1.165) is 19.1 Å². The molecule has 3 aliphatic rings. The summed E-state index contributed by atoms with van der Waals surface area (Å²) in [5, 5.41) is 0. The Morgan fingerprint density at radius 1 is 1.55 bits per heavy atom. The zero-order valence-electron chi connectivity index (χ0n) is 6.88. The van der Waals surface area contributed by atoms with Gasteiger partial charge in [0, 0.05) is 0 Å². The maximum absolute atomic E-state index is 5.65. The third-order valence-electron chi connectivity index (χ3n) is 3.00. The van der Waals surface area contributed by atoms with E-state index in [1.807, 2.05) is 0 Å². The molecule has 2 heterocycles. The highest BCUT2D eigenvalue weighted by Crippen LogP contribution is 2.48. The highest BCUT2D eigenvalue weighted by Gasteiger charge is 2.48. The van der Waals surface area contributed by atoms with E-state index in [1.165, 1.54) is 12.8 Å². The van der Waals surface area contributed by atoms with Crippen molar-refractivity contribution in [1.82, 2.24) is 0 Å². The molecular weight excluding hydrogens is 162 g/mol. The summed E-state index contributed by atoms with van der Waals surface area (Å²) in [5.74, 6) is 1.53. The molecule has 2 bridgehead atoms. The van der Waals surface area contributed by atoms with Gasteiger partial charge in [0.25, 0.3) is 0 Å². The molecule has 2 nitrogen and oxygen atoms in total. The van der Waals surface area contributed by atoms with Crippen LogP contribution in [0.25, 0.3) is 0 Å². The molecule has 0 aromatic rings. The Morgan fingerprint density at radius 2 is 2.18 bits per heavy atom. The van der Waals surface area contributed by atoms with Gasteiger partial charge in [0.1, 0.15) is 0 Å². The molecule has 1 unspecified atom stereocenters. The highest BCUT2D eigenvalue weighted by molar-refractivity contribution is 5.85. The lowest BCUT2D eigenvalue weighted by Gasteiger charge is -2.53. The van der Waals surface area contributed by atoms with Crippen LogP contribution in [0.2, 0.25) is 0 Å². The van der Waals surface area contributed by atoms with Gasteiger partial charge in [0.2, 0.25) is 0 Å². The molecule has 0 spiro atoms. The topological polar surface area (TPSA) is 35.2 Å². The van der Waals surface area contributed by atoms with Crippen LogP contribution in [-0.4, -0.2) is 18.8 Å². The molecule has 3 heteroatoms. The van der Waals surface area contributed by atoms with E-state index < -0.39 is 0 Å². The van der Waals surface area contributed by atoms with E-state index in [4.69, 9.17) is 10.5 Å². The standard InChI is InChI=1S/C8H15NO.ClH/c1-8-2-6(3-8)7(4-9)5-10-8;/h6-7H,2-5,9H2,1H3;1H. The summed E-state index contributed by atoms with van der Waals surface area (Å²) in [5.41, 5.74) is 5.83. The van der Waals surface area contributed by atoms with Gasteiger partial charge in [-0.3, -0.25) is 0 Å². The monoisotopic (exact) mass is 177 g/mol. The van der Waals surface area contributed by atoms with Crippen molar-refractivity contribution in [3.63, 3.8) is 0 Å². The quantitative estimate of drug-likeness (QED) is 0.653. The average molecular weight is 178 g/mol. The van der Waals surface area contributed by atoms with E-state index in [2.05, 4.69) is 6.92 Å². The van der Waals surface area contributed by atoms with Crippen LogP contribution in [0.5, 0.6) is 0 Å². The van der Waals surface area contributed by atoms with Crippen molar-refractivity contribution in [3.8, 4) is 0 Å². The Balaban J connectivity index is 0.000000605. The fourth-order valence-electron chi connectivity index (χ4n) is 2.21. The van der Waals surface area contributed by atoms with Crippen molar-refractivity contribution in [1.29, 1.82) is 0 Å². The third-order valence-corrected chi connectivity index (χ3v) is 3.00. The average Bonchev–Trinajstić information content (AvgIpc) is 1.86. The zero-order valence-corrected chi connectivity index (χ0v) is 7.69. The molecule has 3 rings (SSSR count). The van der Waals surface area contributed by atoms with E-state index in [9.17, 15) is 0 Å². The van der Waals surface area contributed by atoms with Gasteiger partial charge >= 0.3 is 0 Å². The highest BCUT2D eigenvalue weighted by atomic mass is 35.5. The second-order valence-corrected chi connectivity index (χ2v) is 3.93. The Hall–Kier alpha value is 0.210. The minimum absolute atomic E-state index is 0. The molecule has 2 aliphatic heterocycles. The zero-order chi connectivity index (χ0) is 7.19. The van der Waals surface area contributed by atoms with Gasteiger partial charge in [-0.2, -0.15) is 0 Å². The summed E-state index contributed by atoms with van der Waals surface area (Å²) in [6, 6.07) is 0. The SMILES string of the molecule is CC12CC(C1)C(CN)CO2.Cl. The predicted molar refractivity (Wildman–Crippen MR) is 46.9 cm³/mol. The molecule has 3 fully saturated rings. The Kier molecular flexibility index (Phi) is 2.47. The molecule has 2 saturated heterocycles. The summed E-state index contributed by atoms with van der Waals surface area (Å²) in [4.78, 5) is 0. The number of ether oxygens (including phenoxy) is 1. The second kappa shape index (κ2) is 2.92. The van der Waals surface area contributed by atoms with Crippen molar-refractivity contribution in [3.05, 3.63) is 0 Å². The van der Waals surface area contributed by atoms with Crippen LogP contribution in [0.15, 0.2) is 0 Å². The van der Waals surface area contributed by atoms with Gasteiger partial charge in [0.05, 0.1) is 12.2 Å². The number of halogens is 1. The van der Waals surface area contributed by atoms with Crippen molar-refractivity contribution in [2.75, 3.05) is 13.2 Å². The van der Waals surface area contributed by atoms with E-state index >= 15 is 0 Å². The third kappa shape index (κ3) is 1.40. The van der Waals surface area contributed by atoms with Gasteiger partial charge in [-0.25, -0.2) is 0 Å². The van der Waals surface area contributed by atoms with Crippen molar-refractivity contribution >= 4 is 12.4 Å². The summed E-state index contributed by atoms with van der Waals surface area (Å²) in [6.07, 6.45) is 2.49. The van der Waals surface area contributed by atoms with E-state index in [-0.39, 0.29) is 18.0 Å². The second-order valence-electron chi connectivity index (χ2n) is 3.93. The maximum atomic E-state index is 5.65. The van der Waals surface area contributed by atoms with Gasteiger partial charge in [0.15, 0.2) is 0 Å². The number of hydrogen-bond acceptors (Lipinski definition) is 2. The maximum Gasteiger partial charge on any atom is 0.0660 e. The summed E-state index contributed by atoms with van der Waals surface area (Å²) in [6.45, 7) is 3.91. The first kappa shape index (κ1) is 9.30. The lowest BCUT2D eigenvalue weighted by atomic mass is 9.64. The fraction of sp³-hybridized carbons (Fsp3) is 1.00. The van der Waals surface area contributed by atoms with Crippen LogP contribution >= 0.6 is 12.4 Å².